The number of hydrogen-bond donors (Lipinski definition) is 2. The van der Waals surface area contributed by atoms with Crippen LogP contribution < -0.4 is 15.9 Å². The number of aromatic nitrogens is 2. The molecule has 3 rings (SSSR count). The van der Waals surface area contributed by atoms with Gasteiger partial charge in [0, 0.05) is 11.6 Å². The average Bonchev–Trinajstić information content (AvgIpc) is 3.13. The highest BCUT2D eigenvalue weighted by molar-refractivity contribution is 7.15. The molecule has 0 saturated heterocycles. The lowest BCUT2D eigenvalue weighted by atomic mass is 10.2. The second-order valence-corrected chi connectivity index (χ2v) is 6.00. The smallest absolute Gasteiger partial charge is 0.290 e. The van der Waals surface area contributed by atoms with Crippen LogP contribution in [0.2, 0.25) is 0 Å². The highest BCUT2D eigenvalue weighted by Gasteiger charge is 2.16. The Morgan fingerprint density at radius 2 is 2.16 bits per heavy atom. The largest absolute Gasteiger partial charge is 0.484 e. The van der Waals surface area contributed by atoms with E-state index < -0.39 is 5.91 Å². The van der Waals surface area contributed by atoms with Crippen LogP contribution in [0.15, 0.2) is 40.9 Å². The lowest BCUT2D eigenvalue weighted by Crippen LogP contribution is -2.20. The molecule has 9 heteroatoms. The molecule has 0 fully saturated rings. The number of carbonyl (C=O) groups is 2. The third-order valence-electron chi connectivity index (χ3n) is 3.29. The highest BCUT2D eigenvalue weighted by Crippen LogP contribution is 2.16. The molecule has 3 aromatic rings. The zero-order valence-electron chi connectivity index (χ0n) is 13.3. The molecule has 128 valence electrons. The van der Waals surface area contributed by atoms with Gasteiger partial charge < -0.3 is 10.5 Å². The van der Waals surface area contributed by atoms with Crippen molar-refractivity contribution in [2.24, 2.45) is 10.8 Å². The first kappa shape index (κ1) is 16.7. The molecule has 2 amide bonds. The number of nitrogens with one attached hydrogen (secondary N) is 1. The van der Waals surface area contributed by atoms with Gasteiger partial charge in [0.25, 0.3) is 11.8 Å². The van der Waals surface area contributed by atoms with Crippen LogP contribution in [0.3, 0.4) is 0 Å². The zero-order chi connectivity index (χ0) is 17.8. The van der Waals surface area contributed by atoms with E-state index in [0.29, 0.717) is 17.1 Å². The number of primary amides is 1. The first-order chi connectivity index (χ1) is 12.0. The monoisotopic (exact) mass is 357 g/mol. The Bertz CT molecular complexity index is 942. The summed E-state index contributed by atoms with van der Waals surface area (Å²) in [6.45, 7) is 1.61. The summed E-state index contributed by atoms with van der Waals surface area (Å²) in [5, 5.41) is 5.82. The topological polar surface area (TPSA) is 111 Å². The Balaban J connectivity index is 1.63. The molecule has 3 N–H and O–H groups in total. The maximum absolute atomic E-state index is 12.3. The SMILES string of the molecule is Cc1nc2sccn2c1C(=O)N/N=C\c1ccc(OCC(N)=O)cc1. The number of hydrogen-bond acceptors (Lipinski definition) is 6. The molecule has 8 nitrogen and oxygen atoms in total. The lowest BCUT2D eigenvalue weighted by molar-refractivity contribution is -0.119. The van der Waals surface area contributed by atoms with E-state index in [0.717, 1.165) is 10.5 Å². The van der Waals surface area contributed by atoms with Crippen molar-refractivity contribution in [1.82, 2.24) is 14.8 Å². The molecule has 1 aromatic carbocycles. The third kappa shape index (κ3) is 3.83. The number of rotatable bonds is 6. The second kappa shape index (κ2) is 7.14. The number of hydrazone groups is 1. The Labute approximate surface area is 146 Å². The first-order valence-electron chi connectivity index (χ1n) is 7.31. The van der Waals surface area contributed by atoms with Crippen LogP contribution in [-0.4, -0.2) is 34.0 Å². The van der Waals surface area contributed by atoms with E-state index >= 15 is 0 Å². The standard InChI is InChI=1S/C16H15N5O3S/c1-10-14(21-6-7-25-16(21)19-10)15(23)20-18-8-11-2-4-12(5-3-11)24-9-13(17)22/h2-8H,9H2,1H3,(H2,17,22)(H,20,23)/b18-8-. The van der Waals surface area contributed by atoms with Crippen molar-refractivity contribution < 1.29 is 14.3 Å². The van der Waals surface area contributed by atoms with Gasteiger partial charge in [0.05, 0.1) is 11.9 Å². The normalized spacial score (nSPS) is 11.1. The fraction of sp³-hybridized carbons (Fsp3) is 0.125. The van der Waals surface area contributed by atoms with Gasteiger partial charge in [-0.1, -0.05) is 0 Å². The van der Waals surface area contributed by atoms with Crippen LogP contribution in [0.25, 0.3) is 4.96 Å². The van der Waals surface area contributed by atoms with Crippen LogP contribution >= 0.6 is 11.3 Å². The van der Waals surface area contributed by atoms with E-state index in [1.165, 1.54) is 17.6 Å². The van der Waals surface area contributed by atoms with Crippen molar-refractivity contribution in [3.05, 3.63) is 52.8 Å². The predicted molar refractivity (Wildman–Crippen MR) is 94.0 cm³/mol. The minimum absolute atomic E-state index is 0.175. The maximum Gasteiger partial charge on any atom is 0.290 e. The summed E-state index contributed by atoms with van der Waals surface area (Å²) in [6, 6.07) is 6.85. The van der Waals surface area contributed by atoms with Gasteiger partial charge in [-0.25, -0.2) is 10.4 Å². The summed E-state index contributed by atoms with van der Waals surface area (Å²) in [5.74, 6) is -0.348. The number of amides is 2. The van der Waals surface area contributed by atoms with Crippen molar-refractivity contribution in [2.45, 2.75) is 6.92 Å². The van der Waals surface area contributed by atoms with Crippen molar-refractivity contribution in [1.29, 1.82) is 0 Å². The number of thiazole rings is 1. The molecule has 2 heterocycles. The Morgan fingerprint density at radius 1 is 1.40 bits per heavy atom. The van der Waals surface area contributed by atoms with E-state index in [2.05, 4.69) is 15.5 Å². The number of carbonyl (C=O) groups excluding carboxylic acids is 2. The number of nitrogens with two attached hydrogens (primary N) is 1. The fourth-order valence-electron chi connectivity index (χ4n) is 2.19. The van der Waals surface area contributed by atoms with E-state index in [9.17, 15) is 9.59 Å². The molecule has 0 aliphatic heterocycles. The molecule has 0 bridgehead atoms. The molecule has 0 saturated carbocycles. The lowest BCUT2D eigenvalue weighted by Gasteiger charge is -2.03. The van der Waals surface area contributed by atoms with Gasteiger partial charge in [-0.3, -0.25) is 14.0 Å². The van der Waals surface area contributed by atoms with Gasteiger partial charge >= 0.3 is 0 Å². The van der Waals surface area contributed by atoms with Crippen LogP contribution in [-0.2, 0) is 4.79 Å². The average molecular weight is 357 g/mol. The highest BCUT2D eigenvalue weighted by atomic mass is 32.1. The summed E-state index contributed by atoms with van der Waals surface area (Å²) in [6.07, 6.45) is 3.31. The zero-order valence-corrected chi connectivity index (χ0v) is 14.1. The van der Waals surface area contributed by atoms with Crippen molar-refractivity contribution >= 4 is 34.3 Å². The van der Waals surface area contributed by atoms with Crippen molar-refractivity contribution in [3.63, 3.8) is 0 Å². The Hall–Kier alpha value is -3.20. The number of ether oxygens (including phenoxy) is 1. The van der Waals surface area contributed by atoms with Gasteiger partial charge in [0.15, 0.2) is 11.6 Å². The van der Waals surface area contributed by atoms with Crippen LogP contribution in [0, 0.1) is 6.92 Å². The summed E-state index contributed by atoms with van der Waals surface area (Å²) < 4.78 is 6.89. The van der Waals surface area contributed by atoms with Gasteiger partial charge in [-0.2, -0.15) is 5.10 Å². The number of benzene rings is 1. The van der Waals surface area contributed by atoms with Crippen LogP contribution in [0.1, 0.15) is 21.7 Å². The molecule has 0 spiro atoms. The summed E-state index contributed by atoms with van der Waals surface area (Å²) in [7, 11) is 0. The number of aryl methyl sites for hydroxylation is 1. The minimum atomic E-state index is -0.539. The van der Waals surface area contributed by atoms with Gasteiger partial charge in [0.1, 0.15) is 11.4 Å². The molecule has 0 atom stereocenters. The van der Waals surface area contributed by atoms with E-state index in [1.54, 1.807) is 41.8 Å². The molecule has 0 aliphatic carbocycles. The van der Waals surface area contributed by atoms with Crippen LogP contribution in [0.4, 0.5) is 0 Å². The van der Waals surface area contributed by atoms with Crippen molar-refractivity contribution in [2.75, 3.05) is 6.61 Å². The molecule has 0 aliphatic rings. The van der Waals surface area contributed by atoms with E-state index in [-0.39, 0.29) is 12.5 Å². The number of nitrogens with zero attached hydrogens (tertiary/aromatic N) is 3. The molecular weight excluding hydrogens is 342 g/mol. The van der Waals surface area contributed by atoms with Crippen LogP contribution in [0.5, 0.6) is 5.75 Å². The van der Waals surface area contributed by atoms with E-state index in [1.807, 2.05) is 5.38 Å². The van der Waals surface area contributed by atoms with Gasteiger partial charge in [0.2, 0.25) is 0 Å². The van der Waals surface area contributed by atoms with Gasteiger partial charge in [-0.05, 0) is 36.8 Å². The van der Waals surface area contributed by atoms with E-state index in [4.69, 9.17) is 10.5 Å². The maximum atomic E-state index is 12.3. The third-order valence-corrected chi connectivity index (χ3v) is 4.05. The Kier molecular flexibility index (Phi) is 4.75. The number of fused-ring (bicyclic) bond motifs is 1. The van der Waals surface area contributed by atoms with Gasteiger partial charge in [-0.15, -0.1) is 11.3 Å². The summed E-state index contributed by atoms with van der Waals surface area (Å²) >= 11 is 1.46. The predicted octanol–water partition coefficient (Wildman–Crippen LogP) is 1.33. The second-order valence-electron chi connectivity index (χ2n) is 5.12. The molecule has 25 heavy (non-hydrogen) atoms. The summed E-state index contributed by atoms with van der Waals surface area (Å²) in [4.78, 5) is 28.0. The minimum Gasteiger partial charge on any atom is -0.484 e. The van der Waals surface area contributed by atoms with Crippen molar-refractivity contribution in [3.8, 4) is 5.75 Å². The Morgan fingerprint density at radius 3 is 2.88 bits per heavy atom. The molecule has 0 radical (unpaired) electrons. The molecule has 2 aromatic heterocycles. The molecule has 0 unspecified atom stereocenters. The number of imidazole rings is 1. The fourth-order valence-corrected chi connectivity index (χ4v) is 2.95. The quantitative estimate of drug-likeness (QED) is 0.512. The molecular formula is C16H15N5O3S. The first-order valence-corrected chi connectivity index (χ1v) is 8.19. The summed E-state index contributed by atoms with van der Waals surface area (Å²) in [5.41, 5.74) is 9.38.